The molecule has 3 nitrogen and oxygen atoms in total. The zero-order valence-corrected chi connectivity index (χ0v) is 4.29. The Morgan fingerprint density at radius 2 is 2.62 bits per heavy atom. The number of hydrogen-bond acceptors (Lipinski definition) is 2. The van der Waals surface area contributed by atoms with Crippen LogP contribution < -0.4 is 5.43 Å². The van der Waals surface area contributed by atoms with E-state index < -0.39 is 0 Å². The molecule has 0 radical (unpaired) electrons. The van der Waals surface area contributed by atoms with Crippen molar-refractivity contribution >= 4 is 12.1 Å². The maximum atomic E-state index is 10.4. The topological polar surface area (TPSA) is 41.5 Å². The maximum absolute atomic E-state index is 10.4. The van der Waals surface area contributed by atoms with Crippen LogP contribution in [0, 0.1) is 0 Å². The molecule has 1 amide bonds. The molecule has 42 valence electrons. The Labute approximate surface area is 47.1 Å². The second-order valence-corrected chi connectivity index (χ2v) is 1.43. The zero-order valence-electron chi connectivity index (χ0n) is 4.29. The number of nitrogens with one attached hydrogen (secondary N) is 1. The first-order chi connectivity index (χ1) is 3.89. The summed E-state index contributed by atoms with van der Waals surface area (Å²) in [7, 11) is 0. The van der Waals surface area contributed by atoms with Gasteiger partial charge in [0, 0.05) is 18.7 Å². The number of hydrazone groups is 1. The predicted molar refractivity (Wildman–Crippen MR) is 30.4 cm³/mol. The minimum atomic E-state index is -0.154. The number of allylic oxidation sites excluding steroid dienone is 1. The van der Waals surface area contributed by atoms with Gasteiger partial charge in [-0.15, -0.1) is 0 Å². The average molecular weight is 110 g/mol. The minimum Gasteiger partial charge on any atom is -0.268 e. The van der Waals surface area contributed by atoms with Crippen LogP contribution in [0.3, 0.4) is 0 Å². The predicted octanol–water partition coefficient (Wildman–Crippen LogP) is 0.0483. The summed E-state index contributed by atoms with van der Waals surface area (Å²) in [6.45, 7) is 0. The molecule has 1 rings (SSSR count). The number of carbonyl (C=O) groups is 1. The molecule has 0 fully saturated rings. The van der Waals surface area contributed by atoms with Crippen molar-refractivity contribution in [2.75, 3.05) is 0 Å². The van der Waals surface area contributed by atoms with Gasteiger partial charge in [-0.05, 0) is 0 Å². The van der Waals surface area contributed by atoms with Gasteiger partial charge in [-0.2, -0.15) is 5.10 Å². The molecule has 1 aliphatic rings. The Kier molecular flexibility index (Phi) is 1.42. The molecule has 0 spiro atoms. The number of rotatable bonds is 0. The fourth-order valence-corrected chi connectivity index (χ4v) is 0.435. The van der Waals surface area contributed by atoms with Crippen LogP contribution in [0.4, 0.5) is 0 Å². The van der Waals surface area contributed by atoms with Gasteiger partial charge in [0.05, 0.1) is 0 Å². The summed E-state index contributed by atoms with van der Waals surface area (Å²) < 4.78 is 0. The highest BCUT2D eigenvalue weighted by Crippen LogP contribution is 1.82. The molecule has 1 aliphatic heterocycles. The van der Waals surface area contributed by atoms with Crippen LogP contribution in [0.25, 0.3) is 0 Å². The molecule has 3 heteroatoms. The third kappa shape index (κ3) is 1.18. The summed E-state index contributed by atoms with van der Waals surface area (Å²) in [6, 6.07) is 0. The van der Waals surface area contributed by atoms with E-state index in [1.807, 2.05) is 0 Å². The van der Waals surface area contributed by atoms with Crippen molar-refractivity contribution in [1.82, 2.24) is 5.43 Å². The maximum Gasteiger partial charge on any atom is 0.263 e. The fraction of sp³-hybridized carbons (Fsp3) is 0.200. The highest BCUT2D eigenvalue weighted by Gasteiger charge is 1.91. The summed E-state index contributed by atoms with van der Waals surface area (Å²) >= 11 is 0. The lowest BCUT2D eigenvalue weighted by molar-refractivity contribution is -0.116. The normalized spacial score (nSPS) is 17.8. The standard InChI is InChI=1S/C5H6N2O/c8-5-3-1-2-4-6-7-5/h1,3-4H,2H2,(H,7,8). The second-order valence-electron chi connectivity index (χ2n) is 1.43. The van der Waals surface area contributed by atoms with Crippen molar-refractivity contribution in [2.45, 2.75) is 6.42 Å². The molecular weight excluding hydrogens is 104 g/mol. The van der Waals surface area contributed by atoms with E-state index in [-0.39, 0.29) is 5.91 Å². The molecule has 0 unspecified atom stereocenters. The lowest BCUT2D eigenvalue weighted by Gasteiger charge is -1.84. The number of carbonyl (C=O) groups excluding carboxylic acids is 1. The van der Waals surface area contributed by atoms with Gasteiger partial charge in [0.25, 0.3) is 5.91 Å². The Morgan fingerprint density at radius 3 is 3.50 bits per heavy atom. The average Bonchev–Trinajstić information content (AvgIpc) is 1.94. The summed E-state index contributed by atoms with van der Waals surface area (Å²) in [4.78, 5) is 10.4. The first kappa shape index (κ1) is 5.03. The molecular formula is C5H6N2O. The molecule has 0 saturated carbocycles. The van der Waals surface area contributed by atoms with Crippen LogP contribution in [-0.2, 0) is 4.79 Å². The monoisotopic (exact) mass is 110 g/mol. The van der Waals surface area contributed by atoms with E-state index >= 15 is 0 Å². The Hall–Kier alpha value is -1.12. The molecule has 0 aromatic heterocycles. The molecule has 1 N–H and O–H groups in total. The van der Waals surface area contributed by atoms with E-state index in [0.717, 1.165) is 6.42 Å². The van der Waals surface area contributed by atoms with Crippen molar-refractivity contribution in [3.05, 3.63) is 12.2 Å². The summed E-state index contributed by atoms with van der Waals surface area (Å²) in [6.07, 6.45) is 5.60. The molecule has 0 aliphatic carbocycles. The molecule has 0 atom stereocenters. The summed E-state index contributed by atoms with van der Waals surface area (Å²) in [5.41, 5.74) is 2.29. The quantitative estimate of drug-likeness (QED) is 0.470. The summed E-state index contributed by atoms with van der Waals surface area (Å²) in [5.74, 6) is -0.154. The van der Waals surface area contributed by atoms with Crippen LogP contribution in [0.15, 0.2) is 17.3 Å². The highest BCUT2D eigenvalue weighted by atomic mass is 16.2. The van der Waals surface area contributed by atoms with Crippen LogP contribution in [0.1, 0.15) is 6.42 Å². The smallest absolute Gasteiger partial charge is 0.263 e. The minimum absolute atomic E-state index is 0.154. The lowest BCUT2D eigenvalue weighted by atomic mass is 10.4. The van der Waals surface area contributed by atoms with Crippen LogP contribution in [-0.4, -0.2) is 12.1 Å². The molecule has 0 aromatic carbocycles. The van der Waals surface area contributed by atoms with Gasteiger partial charge in [-0.25, -0.2) is 5.43 Å². The van der Waals surface area contributed by atoms with Gasteiger partial charge in [0.15, 0.2) is 0 Å². The Balaban J connectivity index is 2.61. The van der Waals surface area contributed by atoms with E-state index in [0.29, 0.717) is 0 Å². The second kappa shape index (κ2) is 2.26. The van der Waals surface area contributed by atoms with E-state index in [2.05, 4.69) is 10.5 Å². The van der Waals surface area contributed by atoms with Crippen LogP contribution in [0.5, 0.6) is 0 Å². The van der Waals surface area contributed by atoms with E-state index in [1.54, 1.807) is 12.3 Å². The first-order valence-electron chi connectivity index (χ1n) is 2.37. The van der Waals surface area contributed by atoms with Gasteiger partial charge in [0.1, 0.15) is 0 Å². The van der Waals surface area contributed by atoms with Crippen molar-refractivity contribution in [3.63, 3.8) is 0 Å². The number of nitrogens with zero attached hydrogens (tertiary/aromatic N) is 1. The van der Waals surface area contributed by atoms with Crippen molar-refractivity contribution in [2.24, 2.45) is 5.10 Å². The van der Waals surface area contributed by atoms with Gasteiger partial charge in [-0.1, -0.05) is 6.08 Å². The lowest BCUT2D eigenvalue weighted by Crippen LogP contribution is -2.12. The van der Waals surface area contributed by atoms with E-state index in [1.165, 1.54) is 6.08 Å². The SMILES string of the molecule is O=C1C=CCC=NN1. The molecule has 0 saturated heterocycles. The summed E-state index contributed by atoms with van der Waals surface area (Å²) in [5, 5.41) is 3.56. The van der Waals surface area contributed by atoms with Crippen molar-refractivity contribution in [3.8, 4) is 0 Å². The first-order valence-corrected chi connectivity index (χ1v) is 2.37. The van der Waals surface area contributed by atoms with E-state index in [9.17, 15) is 4.79 Å². The van der Waals surface area contributed by atoms with Crippen LogP contribution in [0.2, 0.25) is 0 Å². The third-order valence-electron chi connectivity index (χ3n) is 0.777. The van der Waals surface area contributed by atoms with Gasteiger partial charge < -0.3 is 0 Å². The molecule has 0 aromatic rings. The fourth-order valence-electron chi connectivity index (χ4n) is 0.435. The molecule has 1 heterocycles. The Morgan fingerprint density at radius 1 is 1.75 bits per heavy atom. The van der Waals surface area contributed by atoms with Gasteiger partial charge in [-0.3, -0.25) is 4.79 Å². The molecule has 8 heavy (non-hydrogen) atoms. The Bertz CT molecular complexity index is 149. The van der Waals surface area contributed by atoms with E-state index in [4.69, 9.17) is 0 Å². The van der Waals surface area contributed by atoms with Crippen LogP contribution >= 0.6 is 0 Å². The van der Waals surface area contributed by atoms with Crippen molar-refractivity contribution in [1.29, 1.82) is 0 Å². The highest BCUT2D eigenvalue weighted by molar-refractivity contribution is 5.89. The van der Waals surface area contributed by atoms with Gasteiger partial charge >= 0.3 is 0 Å². The molecule has 0 bridgehead atoms. The zero-order chi connectivity index (χ0) is 5.82. The number of hydrogen-bond donors (Lipinski definition) is 1. The third-order valence-corrected chi connectivity index (χ3v) is 0.777. The van der Waals surface area contributed by atoms with Crippen molar-refractivity contribution < 1.29 is 4.79 Å². The van der Waals surface area contributed by atoms with Gasteiger partial charge in [0.2, 0.25) is 0 Å². The number of amides is 1. The largest absolute Gasteiger partial charge is 0.268 e.